The van der Waals surface area contributed by atoms with Crippen molar-refractivity contribution in [3.63, 3.8) is 0 Å². The number of carboxylic acid groups (broad SMARTS) is 2. The Morgan fingerprint density at radius 1 is 0.561 bits per heavy atom. The van der Waals surface area contributed by atoms with E-state index >= 15 is 0 Å². The standard InChI is InChI=1S/C16H11FO3.C9H8O3.C7H5FO/c17-14-8-1-11(2-9-14)3-10-15(18)12-4-6-13(7-5-12)16(19)20;1-6(10)7-2-4-8(5-3-7)9(11)12;8-7-3-1-6(5-9)2-4-7/h1-10H,(H,19,20);2-5H,1H3,(H,11,12);1-5H/b10-3+;;. The molecule has 0 aliphatic carbocycles. The molecule has 0 bridgehead atoms. The van der Waals surface area contributed by atoms with Gasteiger partial charge in [-0.2, -0.15) is 0 Å². The van der Waals surface area contributed by atoms with Gasteiger partial charge in [-0.3, -0.25) is 14.4 Å². The average Bonchev–Trinajstić information content (AvgIpc) is 2.98. The zero-order valence-electron chi connectivity index (χ0n) is 21.7. The summed E-state index contributed by atoms with van der Waals surface area (Å²) in [7, 11) is 0. The molecule has 0 atom stereocenters. The first kappa shape index (κ1) is 31.6. The Labute approximate surface area is 234 Å². The molecule has 4 aromatic rings. The van der Waals surface area contributed by atoms with Crippen molar-refractivity contribution < 1.29 is 43.0 Å². The third-order valence-corrected chi connectivity index (χ3v) is 5.26. The number of carbonyl (C=O) groups excluding carboxylic acids is 3. The molecule has 0 radical (unpaired) electrons. The van der Waals surface area contributed by atoms with E-state index in [-0.39, 0.29) is 34.3 Å². The van der Waals surface area contributed by atoms with Gasteiger partial charge < -0.3 is 10.2 Å². The first-order chi connectivity index (χ1) is 19.5. The molecule has 0 saturated heterocycles. The van der Waals surface area contributed by atoms with Gasteiger partial charge in [0.15, 0.2) is 11.6 Å². The van der Waals surface area contributed by atoms with E-state index in [1.54, 1.807) is 18.2 Å². The molecule has 0 aromatic heterocycles. The molecule has 4 rings (SSSR count). The van der Waals surface area contributed by atoms with Gasteiger partial charge in [-0.05, 0) is 79.2 Å². The number of aldehydes is 1. The molecule has 0 aliphatic rings. The molecule has 2 N–H and O–H groups in total. The summed E-state index contributed by atoms with van der Waals surface area (Å²) >= 11 is 0. The first-order valence-corrected chi connectivity index (χ1v) is 11.9. The molecule has 41 heavy (non-hydrogen) atoms. The summed E-state index contributed by atoms with van der Waals surface area (Å²) in [6, 6.07) is 22.6. The zero-order valence-corrected chi connectivity index (χ0v) is 21.7. The fourth-order valence-electron chi connectivity index (χ4n) is 3.01. The van der Waals surface area contributed by atoms with Gasteiger partial charge in [-0.15, -0.1) is 0 Å². The van der Waals surface area contributed by atoms with E-state index in [2.05, 4.69) is 0 Å². The normalized spacial score (nSPS) is 9.93. The predicted octanol–water partition coefficient (Wildman–Crippen LogP) is 6.65. The summed E-state index contributed by atoms with van der Waals surface area (Å²) in [5.74, 6) is -2.98. The van der Waals surface area contributed by atoms with Gasteiger partial charge in [0.1, 0.15) is 17.9 Å². The number of carboxylic acids is 2. The number of rotatable bonds is 7. The van der Waals surface area contributed by atoms with Crippen LogP contribution in [0.2, 0.25) is 0 Å². The number of allylic oxidation sites excluding steroid dienone is 1. The van der Waals surface area contributed by atoms with Crippen LogP contribution in [0.1, 0.15) is 64.3 Å². The van der Waals surface area contributed by atoms with E-state index in [9.17, 15) is 32.8 Å². The summed E-state index contributed by atoms with van der Waals surface area (Å²) in [6.07, 6.45) is 3.62. The maximum absolute atomic E-state index is 12.7. The third kappa shape index (κ3) is 11.0. The molecule has 4 aromatic carbocycles. The van der Waals surface area contributed by atoms with Crippen LogP contribution in [-0.4, -0.2) is 40.0 Å². The Hall–Kier alpha value is -5.57. The lowest BCUT2D eigenvalue weighted by atomic mass is 10.1. The maximum atomic E-state index is 12.7. The molecule has 0 unspecified atom stereocenters. The van der Waals surface area contributed by atoms with Crippen molar-refractivity contribution in [2.75, 3.05) is 0 Å². The van der Waals surface area contributed by atoms with Gasteiger partial charge in [0.2, 0.25) is 0 Å². The summed E-state index contributed by atoms with van der Waals surface area (Å²) in [6.45, 7) is 1.44. The summed E-state index contributed by atoms with van der Waals surface area (Å²) in [5.41, 5.74) is 2.45. The minimum atomic E-state index is -1.04. The zero-order chi connectivity index (χ0) is 30.4. The molecule has 0 saturated carbocycles. The molecule has 208 valence electrons. The third-order valence-electron chi connectivity index (χ3n) is 5.26. The minimum Gasteiger partial charge on any atom is -0.478 e. The fraction of sp³-hybridized carbons (Fsp3) is 0.0312. The van der Waals surface area contributed by atoms with E-state index in [0.717, 1.165) is 0 Å². The number of aromatic carboxylic acids is 2. The molecular weight excluding hydrogens is 534 g/mol. The van der Waals surface area contributed by atoms with Gasteiger partial charge in [-0.1, -0.05) is 42.5 Å². The summed E-state index contributed by atoms with van der Waals surface area (Å²) in [4.78, 5) is 53.7. The number of Topliss-reactive ketones (excluding diaryl/α,β-unsaturated/α-hetero) is 1. The van der Waals surface area contributed by atoms with Crippen molar-refractivity contribution in [3.05, 3.63) is 148 Å². The lowest BCUT2D eigenvalue weighted by Gasteiger charge is -1.98. The van der Waals surface area contributed by atoms with Crippen molar-refractivity contribution in [1.82, 2.24) is 0 Å². The van der Waals surface area contributed by atoms with Gasteiger partial charge in [0.05, 0.1) is 11.1 Å². The highest BCUT2D eigenvalue weighted by atomic mass is 19.1. The van der Waals surface area contributed by atoms with Gasteiger partial charge in [-0.25, -0.2) is 18.4 Å². The SMILES string of the molecule is CC(=O)c1ccc(C(=O)O)cc1.O=C(O)c1ccc(C(=O)/C=C/c2ccc(F)cc2)cc1.O=Cc1ccc(F)cc1. The lowest BCUT2D eigenvalue weighted by molar-refractivity contribution is 0.0686. The highest BCUT2D eigenvalue weighted by molar-refractivity contribution is 6.07. The molecule has 7 nitrogen and oxygen atoms in total. The number of halogens is 2. The van der Waals surface area contributed by atoms with Crippen molar-refractivity contribution >= 4 is 35.9 Å². The van der Waals surface area contributed by atoms with Gasteiger partial charge >= 0.3 is 11.9 Å². The Bertz CT molecular complexity index is 1490. The van der Waals surface area contributed by atoms with Crippen LogP contribution < -0.4 is 0 Å². The van der Waals surface area contributed by atoms with E-state index in [0.29, 0.717) is 28.5 Å². The minimum absolute atomic E-state index is 0.0630. The van der Waals surface area contributed by atoms with Crippen molar-refractivity contribution in [2.45, 2.75) is 6.92 Å². The second-order valence-corrected chi connectivity index (χ2v) is 8.24. The number of benzene rings is 4. The summed E-state index contributed by atoms with van der Waals surface area (Å²) in [5, 5.41) is 17.3. The first-order valence-electron chi connectivity index (χ1n) is 11.9. The highest BCUT2D eigenvalue weighted by Gasteiger charge is 2.05. The van der Waals surface area contributed by atoms with Gasteiger partial charge in [0.25, 0.3) is 0 Å². The molecule has 0 amide bonds. The second-order valence-electron chi connectivity index (χ2n) is 8.24. The maximum Gasteiger partial charge on any atom is 0.335 e. The Kier molecular flexibility index (Phi) is 12.2. The smallest absolute Gasteiger partial charge is 0.335 e. The molecule has 0 aliphatic heterocycles. The Morgan fingerprint density at radius 3 is 1.29 bits per heavy atom. The predicted molar refractivity (Wildman–Crippen MR) is 148 cm³/mol. The van der Waals surface area contributed by atoms with E-state index in [4.69, 9.17) is 10.2 Å². The van der Waals surface area contributed by atoms with Crippen LogP contribution in [-0.2, 0) is 0 Å². The average molecular weight is 559 g/mol. The number of hydrogen-bond acceptors (Lipinski definition) is 5. The van der Waals surface area contributed by atoms with Crippen LogP contribution >= 0.6 is 0 Å². The highest BCUT2D eigenvalue weighted by Crippen LogP contribution is 2.09. The molecule has 9 heteroatoms. The number of carbonyl (C=O) groups is 5. The van der Waals surface area contributed by atoms with E-state index in [1.165, 1.54) is 97.9 Å². The molecule has 0 heterocycles. The van der Waals surface area contributed by atoms with Crippen LogP contribution in [0, 0.1) is 11.6 Å². The topological polar surface area (TPSA) is 126 Å². The largest absolute Gasteiger partial charge is 0.478 e. The molecule has 0 fully saturated rings. The molecular formula is C32H24F2O7. The number of ketones is 2. The lowest BCUT2D eigenvalue weighted by Crippen LogP contribution is -1.98. The van der Waals surface area contributed by atoms with Crippen molar-refractivity contribution in [3.8, 4) is 0 Å². The summed E-state index contributed by atoms with van der Waals surface area (Å²) < 4.78 is 24.8. The Balaban J connectivity index is 0.000000237. The van der Waals surface area contributed by atoms with Crippen LogP contribution in [0.4, 0.5) is 8.78 Å². The van der Waals surface area contributed by atoms with Crippen LogP contribution in [0.25, 0.3) is 6.08 Å². The van der Waals surface area contributed by atoms with Crippen LogP contribution in [0.5, 0.6) is 0 Å². The fourth-order valence-corrected chi connectivity index (χ4v) is 3.01. The van der Waals surface area contributed by atoms with E-state index in [1.807, 2.05) is 0 Å². The monoisotopic (exact) mass is 558 g/mol. The quantitative estimate of drug-likeness (QED) is 0.148. The number of hydrogen-bond donors (Lipinski definition) is 2. The van der Waals surface area contributed by atoms with E-state index < -0.39 is 11.9 Å². The van der Waals surface area contributed by atoms with Crippen LogP contribution in [0.3, 0.4) is 0 Å². The molecule has 0 spiro atoms. The Morgan fingerprint density at radius 2 is 0.927 bits per heavy atom. The van der Waals surface area contributed by atoms with Crippen molar-refractivity contribution in [2.24, 2.45) is 0 Å². The van der Waals surface area contributed by atoms with Crippen molar-refractivity contribution in [1.29, 1.82) is 0 Å². The van der Waals surface area contributed by atoms with Gasteiger partial charge in [0, 0.05) is 16.7 Å². The van der Waals surface area contributed by atoms with Crippen LogP contribution in [0.15, 0.2) is 103 Å². The second kappa shape index (κ2) is 15.7.